The molecular formula is C25H24F2N4O4. The Morgan fingerprint density at radius 3 is 2.63 bits per heavy atom. The molecule has 3 aromatic rings. The minimum absolute atomic E-state index is 0.0578. The molecule has 0 spiro atoms. The van der Waals surface area contributed by atoms with E-state index >= 15 is 0 Å². The highest BCUT2D eigenvalue weighted by atomic mass is 19.2. The fraction of sp³-hybridized carbons (Fsp3) is 0.200. The zero-order valence-corrected chi connectivity index (χ0v) is 19.6. The van der Waals surface area contributed by atoms with Gasteiger partial charge in [0.25, 0.3) is 11.5 Å². The molecule has 0 aliphatic carbocycles. The van der Waals surface area contributed by atoms with Gasteiger partial charge in [0.05, 0.1) is 17.1 Å². The molecule has 0 atom stereocenters. The average Bonchev–Trinajstić information content (AvgIpc) is 3.07. The molecule has 0 radical (unpaired) electrons. The van der Waals surface area contributed by atoms with Crippen LogP contribution in [0.15, 0.2) is 53.5 Å². The zero-order chi connectivity index (χ0) is 25.7. The molecule has 0 saturated heterocycles. The van der Waals surface area contributed by atoms with Crippen LogP contribution in [0.4, 0.5) is 14.5 Å². The number of carbonyl (C=O) groups excluding carboxylic acids is 2. The molecule has 1 aromatic carbocycles. The molecule has 0 bridgehead atoms. The third-order valence-corrected chi connectivity index (χ3v) is 5.24. The molecule has 0 fully saturated rings. The van der Waals surface area contributed by atoms with Crippen LogP contribution in [-0.2, 0) is 7.05 Å². The summed E-state index contributed by atoms with van der Waals surface area (Å²) in [6.07, 6.45) is 7.89. The molecule has 1 amide bonds. The second-order valence-electron chi connectivity index (χ2n) is 7.45. The lowest BCUT2D eigenvalue weighted by molar-refractivity contribution is 0.102. The van der Waals surface area contributed by atoms with Gasteiger partial charge in [-0.25, -0.2) is 9.07 Å². The van der Waals surface area contributed by atoms with Crippen molar-refractivity contribution in [2.24, 2.45) is 7.05 Å². The van der Waals surface area contributed by atoms with Crippen molar-refractivity contribution >= 4 is 23.6 Å². The van der Waals surface area contributed by atoms with Crippen LogP contribution >= 0.6 is 0 Å². The number of benzene rings is 1. The summed E-state index contributed by atoms with van der Waals surface area (Å²) < 4.78 is 37.6. The Morgan fingerprint density at radius 2 is 1.97 bits per heavy atom. The highest BCUT2D eigenvalue weighted by Crippen LogP contribution is 2.30. The predicted molar refractivity (Wildman–Crippen MR) is 128 cm³/mol. The maximum atomic E-state index is 14.7. The lowest BCUT2D eigenvalue weighted by Crippen LogP contribution is -2.26. The first-order valence-electron chi connectivity index (χ1n) is 10.7. The van der Waals surface area contributed by atoms with Crippen molar-refractivity contribution in [3.05, 3.63) is 87.6 Å². The third-order valence-electron chi connectivity index (χ3n) is 5.24. The largest absolute Gasteiger partial charge is 0.454 e. The van der Waals surface area contributed by atoms with E-state index in [1.807, 2.05) is 13.0 Å². The number of hydrogen-bond acceptors (Lipinski definition) is 5. The fourth-order valence-corrected chi connectivity index (χ4v) is 3.36. The molecule has 35 heavy (non-hydrogen) atoms. The van der Waals surface area contributed by atoms with Crippen molar-refractivity contribution in [1.29, 1.82) is 0 Å². The van der Waals surface area contributed by atoms with Gasteiger partial charge in [-0.2, -0.15) is 4.39 Å². The Kier molecular flexibility index (Phi) is 7.75. The van der Waals surface area contributed by atoms with Gasteiger partial charge in [0.15, 0.2) is 17.9 Å². The molecule has 8 nitrogen and oxygen atoms in total. The van der Waals surface area contributed by atoms with Gasteiger partial charge < -0.3 is 10.1 Å². The van der Waals surface area contributed by atoms with Crippen LogP contribution in [0.2, 0.25) is 0 Å². The van der Waals surface area contributed by atoms with Crippen LogP contribution < -0.4 is 15.6 Å². The number of hydrogen-bond donors (Lipinski definition) is 1. The van der Waals surface area contributed by atoms with Crippen molar-refractivity contribution in [1.82, 2.24) is 14.3 Å². The predicted octanol–water partition coefficient (Wildman–Crippen LogP) is 4.85. The van der Waals surface area contributed by atoms with Gasteiger partial charge in [-0.1, -0.05) is 19.1 Å². The minimum Gasteiger partial charge on any atom is -0.454 e. The number of aromatic nitrogens is 3. The molecule has 10 heteroatoms. The topological polar surface area (TPSA) is 95.2 Å². The van der Waals surface area contributed by atoms with Crippen LogP contribution in [0.1, 0.15) is 46.8 Å². The molecular weight excluding hydrogens is 458 g/mol. The Labute approximate surface area is 200 Å². The highest BCUT2D eigenvalue weighted by molar-refractivity contribution is 6.05. The van der Waals surface area contributed by atoms with Crippen LogP contribution in [0.3, 0.4) is 0 Å². The summed E-state index contributed by atoms with van der Waals surface area (Å²) in [7, 11) is 1.62. The Hall–Kier alpha value is -4.34. The van der Waals surface area contributed by atoms with Crippen molar-refractivity contribution in [3.63, 3.8) is 0 Å². The van der Waals surface area contributed by atoms with Crippen LogP contribution in [0.25, 0.3) is 5.70 Å². The SMILES string of the molecule is C/C=C(\C=C/CC)n1c(=O)c(C(=O)Nc2ccc(Oc3ccnc(C=O)c3)c(F)c2F)c(C)n1C. The summed E-state index contributed by atoms with van der Waals surface area (Å²) in [6.45, 7) is 5.29. The number of ether oxygens (including phenoxy) is 1. The number of amides is 1. The van der Waals surface area contributed by atoms with Gasteiger partial charge in [-0.05, 0) is 44.5 Å². The van der Waals surface area contributed by atoms with Crippen LogP contribution in [-0.4, -0.2) is 26.5 Å². The van der Waals surface area contributed by atoms with Gasteiger partial charge in [0, 0.05) is 19.3 Å². The van der Waals surface area contributed by atoms with Crippen molar-refractivity contribution in [2.75, 3.05) is 5.32 Å². The Bertz CT molecular complexity index is 1400. The summed E-state index contributed by atoms with van der Waals surface area (Å²) in [6, 6.07) is 4.88. The summed E-state index contributed by atoms with van der Waals surface area (Å²) in [5.41, 5.74) is -0.289. The number of aldehydes is 1. The van der Waals surface area contributed by atoms with Gasteiger partial charge in [-0.15, -0.1) is 0 Å². The normalized spacial score (nSPS) is 11.7. The number of pyridine rings is 1. The summed E-state index contributed by atoms with van der Waals surface area (Å²) >= 11 is 0. The zero-order valence-electron chi connectivity index (χ0n) is 19.6. The number of anilines is 1. The van der Waals surface area contributed by atoms with E-state index in [0.29, 0.717) is 17.7 Å². The fourth-order valence-electron chi connectivity index (χ4n) is 3.36. The molecule has 2 aromatic heterocycles. The first-order valence-corrected chi connectivity index (χ1v) is 10.7. The van der Waals surface area contributed by atoms with Gasteiger partial charge in [0.2, 0.25) is 5.82 Å². The summed E-state index contributed by atoms with van der Waals surface area (Å²) in [5.74, 6) is -3.98. The molecule has 0 aliphatic rings. The number of rotatable bonds is 8. The second-order valence-corrected chi connectivity index (χ2v) is 7.45. The molecule has 0 unspecified atom stereocenters. The van der Waals surface area contributed by atoms with E-state index in [1.165, 1.54) is 27.7 Å². The maximum Gasteiger partial charge on any atom is 0.284 e. The first-order chi connectivity index (χ1) is 16.7. The van der Waals surface area contributed by atoms with E-state index < -0.39 is 34.5 Å². The quantitative estimate of drug-likeness (QED) is 0.366. The van der Waals surface area contributed by atoms with E-state index in [9.17, 15) is 23.2 Å². The molecule has 3 rings (SSSR count). The maximum absolute atomic E-state index is 14.7. The van der Waals surface area contributed by atoms with Crippen molar-refractivity contribution < 1.29 is 23.1 Å². The minimum atomic E-state index is -1.37. The average molecular weight is 482 g/mol. The summed E-state index contributed by atoms with van der Waals surface area (Å²) in [4.78, 5) is 40.6. The molecule has 1 N–H and O–H groups in total. The number of nitrogens with zero attached hydrogens (tertiary/aromatic N) is 3. The van der Waals surface area contributed by atoms with E-state index in [1.54, 1.807) is 33.0 Å². The number of halogens is 2. The van der Waals surface area contributed by atoms with Crippen molar-refractivity contribution in [2.45, 2.75) is 27.2 Å². The number of carbonyl (C=O) groups is 2. The number of nitrogens with one attached hydrogen (secondary N) is 1. The lowest BCUT2D eigenvalue weighted by atomic mass is 10.2. The highest BCUT2D eigenvalue weighted by Gasteiger charge is 2.24. The van der Waals surface area contributed by atoms with Gasteiger partial charge in [0.1, 0.15) is 17.0 Å². The van der Waals surface area contributed by atoms with Crippen LogP contribution in [0, 0.1) is 18.6 Å². The standard InChI is InChI=1S/C25H24F2N4O4/c1-5-7-8-17(6-2)31-25(34)21(15(3)30(31)4)24(33)29-19-9-10-20(23(27)22(19)26)35-18-11-12-28-16(13-18)14-32/h6-14H,5H2,1-4H3,(H,29,33)/b8-7-,17-6+. The molecule has 182 valence electrons. The molecule has 0 saturated carbocycles. The Morgan fingerprint density at radius 1 is 1.23 bits per heavy atom. The smallest absolute Gasteiger partial charge is 0.284 e. The van der Waals surface area contributed by atoms with Gasteiger partial charge >= 0.3 is 0 Å². The number of allylic oxidation sites excluding steroid dienone is 4. The van der Waals surface area contributed by atoms with E-state index in [0.717, 1.165) is 18.6 Å². The van der Waals surface area contributed by atoms with E-state index in [4.69, 9.17) is 4.74 Å². The lowest BCUT2D eigenvalue weighted by Gasteiger charge is -2.11. The van der Waals surface area contributed by atoms with Crippen LogP contribution in [0.5, 0.6) is 11.5 Å². The molecule has 0 aliphatic heterocycles. The third kappa shape index (κ3) is 5.11. The second kappa shape index (κ2) is 10.7. The van der Waals surface area contributed by atoms with E-state index in [-0.39, 0.29) is 17.0 Å². The summed E-state index contributed by atoms with van der Waals surface area (Å²) in [5, 5.41) is 2.27. The Balaban J connectivity index is 1.91. The molecule has 2 heterocycles. The van der Waals surface area contributed by atoms with E-state index in [2.05, 4.69) is 10.3 Å². The monoisotopic (exact) mass is 482 g/mol. The van der Waals surface area contributed by atoms with Gasteiger partial charge in [-0.3, -0.25) is 24.0 Å². The van der Waals surface area contributed by atoms with Crippen molar-refractivity contribution in [3.8, 4) is 11.5 Å². The first kappa shape index (κ1) is 25.3.